The van der Waals surface area contributed by atoms with E-state index in [4.69, 9.17) is 11.6 Å². The van der Waals surface area contributed by atoms with Gasteiger partial charge in [0.05, 0.1) is 16.4 Å². The van der Waals surface area contributed by atoms with Gasteiger partial charge in [0, 0.05) is 13.1 Å². The molecule has 4 heteroatoms. The molecule has 0 unspecified atom stereocenters. The topological polar surface area (TPSA) is 29.9 Å². The van der Waals surface area contributed by atoms with Crippen LogP contribution in [0.5, 0.6) is 0 Å². The van der Waals surface area contributed by atoms with Gasteiger partial charge in [-0.25, -0.2) is 0 Å². The van der Waals surface area contributed by atoms with Crippen molar-refractivity contribution in [3.8, 4) is 0 Å². The first kappa shape index (κ1) is 15.8. The summed E-state index contributed by atoms with van der Waals surface area (Å²) in [4.78, 5) is 0. The molecular formula is C16H28ClN3. The van der Waals surface area contributed by atoms with Crippen LogP contribution < -0.4 is 5.32 Å². The minimum atomic E-state index is 0.434. The molecule has 0 radical (unpaired) electrons. The number of nitrogens with one attached hydrogen (secondary N) is 1. The first-order valence-corrected chi connectivity index (χ1v) is 8.09. The van der Waals surface area contributed by atoms with Gasteiger partial charge >= 0.3 is 0 Å². The van der Waals surface area contributed by atoms with Gasteiger partial charge in [0.15, 0.2) is 0 Å². The molecule has 2 rings (SSSR count). The maximum Gasteiger partial charge on any atom is 0.0863 e. The maximum atomic E-state index is 6.43. The molecule has 3 nitrogen and oxygen atoms in total. The normalized spacial score (nSPS) is 20.4. The first-order chi connectivity index (χ1) is 9.27. The second-order valence-electron chi connectivity index (χ2n) is 7.00. The fourth-order valence-electron chi connectivity index (χ4n) is 3.36. The van der Waals surface area contributed by atoms with Gasteiger partial charge in [-0.05, 0) is 36.6 Å². The summed E-state index contributed by atoms with van der Waals surface area (Å²) in [6.45, 7) is 16.4. The lowest BCUT2D eigenvalue weighted by Gasteiger charge is -2.08. The molecule has 114 valence electrons. The van der Waals surface area contributed by atoms with Crippen molar-refractivity contribution in [1.29, 1.82) is 0 Å². The highest BCUT2D eigenvalue weighted by molar-refractivity contribution is 6.31. The molecule has 0 bridgehead atoms. The third-order valence-corrected chi connectivity index (χ3v) is 6.09. The molecule has 0 spiro atoms. The van der Waals surface area contributed by atoms with Crippen molar-refractivity contribution in [2.75, 3.05) is 6.54 Å². The van der Waals surface area contributed by atoms with Crippen molar-refractivity contribution in [3.63, 3.8) is 0 Å². The second-order valence-corrected chi connectivity index (χ2v) is 7.38. The largest absolute Gasteiger partial charge is 0.311 e. The molecule has 0 amide bonds. The van der Waals surface area contributed by atoms with E-state index < -0.39 is 0 Å². The van der Waals surface area contributed by atoms with Gasteiger partial charge in [-0.2, -0.15) is 5.10 Å². The van der Waals surface area contributed by atoms with Crippen LogP contribution in [-0.2, 0) is 19.5 Å². The highest BCUT2D eigenvalue weighted by atomic mass is 35.5. The molecule has 1 fully saturated rings. The van der Waals surface area contributed by atoms with Gasteiger partial charge in [0.2, 0.25) is 0 Å². The van der Waals surface area contributed by atoms with Crippen molar-refractivity contribution in [2.24, 2.45) is 16.7 Å². The van der Waals surface area contributed by atoms with Crippen molar-refractivity contribution in [1.82, 2.24) is 15.1 Å². The van der Waals surface area contributed by atoms with Gasteiger partial charge in [-0.1, -0.05) is 46.2 Å². The van der Waals surface area contributed by atoms with Crippen molar-refractivity contribution >= 4 is 11.6 Å². The van der Waals surface area contributed by atoms with Crippen molar-refractivity contribution in [3.05, 3.63) is 16.4 Å². The van der Waals surface area contributed by atoms with E-state index in [1.54, 1.807) is 0 Å². The molecule has 0 saturated heterocycles. The van der Waals surface area contributed by atoms with E-state index in [0.29, 0.717) is 10.8 Å². The average Bonchev–Trinajstić information content (AvgIpc) is 2.67. The van der Waals surface area contributed by atoms with Crippen LogP contribution >= 0.6 is 11.6 Å². The molecule has 1 aliphatic carbocycles. The molecule has 1 N–H and O–H groups in total. The van der Waals surface area contributed by atoms with E-state index in [1.807, 2.05) is 4.68 Å². The number of aryl methyl sites for hydroxylation is 2. The average molecular weight is 298 g/mol. The molecule has 1 aromatic heterocycles. The fraction of sp³-hybridized carbons (Fsp3) is 0.812. The minimum Gasteiger partial charge on any atom is -0.311 e. The summed E-state index contributed by atoms with van der Waals surface area (Å²) in [5.41, 5.74) is 3.01. The zero-order valence-electron chi connectivity index (χ0n) is 13.7. The maximum absolute atomic E-state index is 6.43. The third kappa shape index (κ3) is 2.39. The molecule has 1 aromatic rings. The van der Waals surface area contributed by atoms with E-state index in [0.717, 1.165) is 48.4 Å². The van der Waals surface area contributed by atoms with Crippen LogP contribution in [0.2, 0.25) is 5.02 Å². The Hall–Kier alpha value is -0.540. The predicted octanol–water partition coefficient (Wildman–Crippen LogP) is 3.89. The predicted molar refractivity (Wildman–Crippen MR) is 85.0 cm³/mol. The number of rotatable bonds is 6. The number of aromatic nitrogens is 2. The molecule has 1 heterocycles. The monoisotopic (exact) mass is 297 g/mol. The Morgan fingerprint density at radius 1 is 1.20 bits per heavy atom. The summed E-state index contributed by atoms with van der Waals surface area (Å²) >= 11 is 6.43. The first-order valence-electron chi connectivity index (χ1n) is 7.72. The highest BCUT2D eigenvalue weighted by Gasteiger charge is 2.63. The Morgan fingerprint density at radius 3 is 2.25 bits per heavy atom. The third-order valence-electron chi connectivity index (χ3n) is 5.65. The zero-order chi connectivity index (χ0) is 15.1. The summed E-state index contributed by atoms with van der Waals surface area (Å²) in [6.07, 6.45) is 0.890. The summed E-state index contributed by atoms with van der Waals surface area (Å²) in [7, 11) is 0. The van der Waals surface area contributed by atoms with Gasteiger partial charge in [0.1, 0.15) is 0 Å². The number of nitrogens with zero attached hydrogens (tertiary/aromatic N) is 2. The molecule has 1 saturated carbocycles. The number of hydrogen-bond acceptors (Lipinski definition) is 2. The van der Waals surface area contributed by atoms with E-state index in [-0.39, 0.29) is 0 Å². The van der Waals surface area contributed by atoms with Crippen LogP contribution in [-0.4, -0.2) is 16.3 Å². The number of hydrogen-bond donors (Lipinski definition) is 1. The van der Waals surface area contributed by atoms with Crippen LogP contribution in [0, 0.1) is 16.7 Å². The van der Waals surface area contributed by atoms with Crippen LogP contribution in [0.1, 0.15) is 52.9 Å². The van der Waals surface area contributed by atoms with Gasteiger partial charge in [-0.3, -0.25) is 4.68 Å². The Morgan fingerprint density at radius 2 is 1.80 bits per heavy atom. The lowest BCUT2D eigenvalue weighted by Crippen LogP contribution is -2.21. The second kappa shape index (κ2) is 5.34. The molecular weight excluding hydrogens is 270 g/mol. The molecule has 1 aliphatic rings. The summed E-state index contributed by atoms with van der Waals surface area (Å²) in [5, 5.41) is 8.99. The lowest BCUT2D eigenvalue weighted by molar-refractivity contribution is 0.457. The van der Waals surface area contributed by atoms with Gasteiger partial charge < -0.3 is 5.32 Å². The minimum absolute atomic E-state index is 0.434. The molecule has 0 aliphatic heterocycles. The summed E-state index contributed by atoms with van der Waals surface area (Å²) in [6, 6.07) is 0. The standard InChI is InChI=1S/C16H28ClN3/c1-7-11-14(17)12(20(8-2)19-11)9-18-10-13-15(3,4)16(13,5)6/h13,18H,7-10H2,1-6H3. The van der Waals surface area contributed by atoms with Crippen LogP contribution in [0.25, 0.3) is 0 Å². The van der Waals surface area contributed by atoms with Gasteiger partial charge in [0.25, 0.3) is 0 Å². The SMILES string of the molecule is CCc1nn(CC)c(CNCC2C(C)(C)C2(C)C)c1Cl. The molecule has 0 atom stereocenters. The van der Waals surface area contributed by atoms with Gasteiger partial charge in [-0.15, -0.1) is 0 Å². The summed E-state index contributed by atoms with van der Waals surface area (Å²) < 4.78 is 2.03. The van der Waals surface area contributed by atoms with Crippen LogP contribution in [0.3, 0.4) is 0 Å². The van der Waals surface area contributed by atoms with E-state index in [1.165, 1.54) is 0 Å². The fourth-order valence-corrected chi connectivity index (χ4v) is 3.70. The van der Waals surface area contributed by atoms with Crippen LogP contribution in [0.4, 0.5) is 0 Å². The van der Waals surface area contributed by atoms with Crippen LogP contribution in [0.15, 0.2) is 0 Å². The Balaban J connectivity index is 1.97. The van der Waals surface area contributed by atoms with E-state index in [9.17, 15) is 0 Å². The Kier molecular flexibility index (Phi) is 4.23. The Bertz CT molecular complexity index is 474. The van der Waals surface area contributed by atoms with E-state index >= 15 is 0 Å². The quantitative estimate of drug-likeness (QED) is 0.863. The van der Waals surface area contributed by atoms with Crippen molar-refractivity contribution < 1.29 is 0 Å². The zero-order valence-corrected chi connectivity index (χ0v) is 14.4. The Labute approximate surface area is 128 Å². The van der Waals surface area contributed by atoms with Crippen molar-refractivity contribution in [2.45, 2.75) is 61.1 Å². The summed E-state index contributed by atoms with van der Waals surface area (Å²) in [5.74, 6) is 0.734. The lowest BCUT2D eigenvalue weighted by atomic mass is 10.0. The molecule has 20 heavy (non-hydrogen) atoms. The number of halogens is 1. The van der Waals surface area contributed by atoms with E-state index in [2.05, 4.69) is 52.0 Å². The molecule has 0 aromatic carbocycles. The highest BCUT2D eigenvalue weighted by Crippen LogP contribution is 2.67. The smallest absolute Gasteiger partial charge is 0.0863 e.